The van der Waals surface area contributed by atoms with Crippen molar-refractivity contribution in [3.63, 3.8) is 0 Å². The van der Waals surface area contributed by atoms with Crippen molar-refractivity contribution in [2.24, 2.45) is 4.99 Å². The molecular weight excluding hydrogens is 491 g/mol. The molecule has 6 nitrogen and oxygen atoms in total. The third-order valence-electron chi connectivity index (χ3n) is 5.10. The minimum absolute atomic E-state index is 0. The van der Waals surface area contributed by atoms with Crippen molar-refractivity contribution in [2.75, 3.05) is 18.0 Å². The van der Waals surface area contributed by atoms with Gasteiger partial charge in [0.2, 0.25) is 5.91 Å². The topological polar surface area (TPSA) is 77.0 Å². The van der Waals surface area contributed by atoms with Gasteiger partial charge in [0.05, 0.1) is 6.54 Å². The maximum absolute atomic E-state index is 11.9. The number of phenolic OH excluding ortho intramolecular Hbond substituents is 1. The number of hydrogen-bond acceptors (Lipinski definition) is 3. The minimum atomic E-state index is 0. The second-order valence-electron chi connectivity index (χ2n) is 7.44. The van der Waals surface area contributed by atoms with Gasteiger partial charge in [-0.25, -0.2) is 4.99 Å². The molecule has 162 valence electrons. The molecule has 2 aromatic carbocycles. The Hall–Kier alpha value is -2.29. The first-order valence-electron chi connectivity index (χ1n) is 10.2. The third-order valence-corrected chi connectivity index (χ3v) is 5.10. The second kappa shape index (κ2) is 11.2. The molecule has 0 radical (unpaired) electrons. The molecule has 1 amide bonds. The molecule has 3 rings (SSSR count). The maximum Gasteiger partial charge on any atom is 0.227 e. The van der Waals surface area contributed by atoms with E-state index in [2.05, 4.69) is 15.6 Å². The van der Waals surface area contributed by atoms with Crippen LogP contribution in [0, 0.1) is 13.8 Å². The number of aliphatic imine (C=N–C) groups is 1. The number of aryl methyl sites for hydroxylation is 2. The zero-order valence-electron chi connectivity index (χ0n) is 17.9. The summed E-state index contributed by atoms with van der Waals surface area (Å²) in [6.45, 7) is 8.60. The van der Waals surface area contributed by atoms with Crippen molar-refractivity contribution in [1.29, 1.82) is 0 Å². The van der Waals surface area contributed by atoms with Crippen molar-refractivity contribution in [1.82, 2.24) is 10.6 Å². The highest BCUT2D eigenvalue weighted by molar-refractivity contribution is 14.0. The average molecular weight is 522 g/mol. The number of benzene rings is 2. The molecule has 0 aliphatic carbocycles. The van der Waals surface area contributed by atoms with Crippen LogP contribution in [0.2, 0.25) is 0 Å². The van der Waals surface area contributed by atoms with Crippen LogP contribution >= 0.6 is 24.0 Å². The van der Waals surface area contributed by atoms with Crippen LogP contribution in [-0.2, 0) is 17.9 Å². The molecule has 0 bridgehead atoms. The van der Waals surface area contributed by atoms with Crippen molar-refractivity contribution < 1.29 is 9.90 Å². The van der Waals surface area contributed by atoms with Crippen molar-refractivity contribution in [3.8, 4) is 5.75 Å². The summed E-state index contributed by atoms with van der Waals surface area (Å²) in [6, 6.07) is 12.0. The van der Waals surface area contributed by atoms with E-state index in [0.29, 0.717) is 25.3 Å². The van der Waals surface area contributed by atoms with Crippen molar-refractivity contribution in [3.05, 3.63) is 58.7 Å². The predicted octanol–water partition coefficient (Wildman–Crippen LogP) is 4.01. The highest BCUT2D eigenvalue weighted by Gasteiger charge is 2.21. The van der Waals surface area contributed by atoms with Crippen LogP contribution in [0.3, 0.4) is 0 Å². The second-order valence-corrected chi connectivity index (χ2v) is 7.44. The van der Waals surface area contributed by atoms with Gasteiger partial charge in [-0.2, -0.15) is 0 Å². The molecule has 1 saturated heterocycles. The predicted molar refractivity (Wildman–Crippen MR) is 133 cm³/mol. The first-order valence-corrected chi connectivity index (χ1v) is 10.2. The van der Waals surface area contributed by atoms with Gasteiger partial charge < -0.3 is 20.6 Å². The molecule has 0 unspecified atom stereocenters. The highest BCUT2D eigenvalue weighted by atomic mass is 127. The first-order chi connectivity index (χ1) is 14.0. The summed E-state index contributed by atoms with van der Waals surface area (Å²) in [5.41, 5.74) is 4.89. The fourth-order valence-electron chi connectivity index (χ4n) is 3.55. The summed E-state index contributed by atoms with van der Waals surface area (Å²) in [5.74, 6) is 1.30. The number of nitrogens with zero attached hydrogens (tertiary/aromatic N) is 2. The molecule has 1 fully saturated rings. The van der Waals surface area contributed by atoms with Gasteiger partial charge in [0.15, 0.2) is 5.96 Å². The highest BCUT2D eigenvalue weighted by Crippen LogP contribution is 2.23. The van der Waals surface area contributed by atoms with Gasteiger partial charge in [-0.15, -0.1) is 24.0 Å². The standard InChI is InChI=1S/C23H30N4O2.HI/c1-4-24-23(26-15-19-12-16(2)22(29)17(3)13-19)25-14-18-7-9-20(10-8-18)27-11-5-6-21(27)28;/h7-10,12-13,29H,4-6,11,14-15H2,1-3H3,(H2,24,25,26);1H. The summed E-state index contributed by atoms with van der Waals surface area (Å²) in [7, 11) is 0. The lowest BCUT2D eigenvalue weighted by Gasteiger charge is -2.16. The molecule has 0 aromatic heterocycles. The fraction of sp³-hybridized carbons (Fsp3) is 0.391. The zero-order valence-corrected chi connectivity index (χ0v) is 20.2. The Balaban J connectivity index is 0.00000320. The van der Waals surface area contributed by atoms with Crippen molar-refractivity contribution in [2.45, 2.75) is 46.7 Å². The monoisotopic (exact) mass is 522 g/mol. The SMILES string of the molecule is CCNC(=NCc1cc(C)c(O)c(C)c1)NCc1ccc(N2CCCC2=O)cc1.I. The molecule has 1 aliphatic heterocycles. The third kappa shape index (κ3) is 6.10. The van der Waals surface area contributed by atoms with E-state index >= 15 is 0 Å². The number of halogens is 1. The summed E-state index contributed by atoms with van der Waals surface area (Å²) < 4.78 is 0. The number of rotatable bonds is 6. The molecule has 2 aromatic rings. The molecule has 7 heteroatoms. The van der Waals surface area contributed by atoms with Crippen LogP contribution in [0.4, 0.5) is 5.69 Å². The van der Waals surface area contributed by atoms with E-state index in [4.69, 9.17) is 0 Å². The Bertz CT molecular complexity index is 874. The molecule has 0 spiro atoms. The van der Waals surface area contributed by atoms with E-state index in [1.54, 1.807) is 0 Å². The number of hydrogen-bond donors (Lipinski definition) is 3. The van der Waals surface area contributed by atoms with Crippen LogP contribution in [0.15, 0.2) is 41.4 Å². The van der Waals surface area contributed by atoms with Crippen LogP contribution in [0.5, 0.6) is 5.75 Å². The molecular formula is C23H31IN4O2. The minimum Gasteiger partial charge on any atom is -0.507 e. The van der Waals surface area contributed by atoms with Crippen LogP contribution in [0.1, 0.15) is 42.0 Å². The van der Waals surface area contributed by atoms with E-state index in [-0.39, 0.29) is 29.9 Å². The number of anilines is 1. The van der Waals surface area contributed by atoms with Crippen LogP contribution < -0.4 is 15.5 Å². The van der Waals surface area contributed by atoms with Crippen LogP contribution in [0.25, 0.3) is 0 Å². The van der Waals surface area contributed by atoms with E-state index in [1.165, 1.54) is 0 Å². The molecule has 30 heavy (non-hydrogen) atoms. The lowest BCUT2D eigenvalue weighted by Crippen LogP contribution is -2.36. The molecule has 3 N–H and O–H groups in total. The Morgan fingerprint density at radius 3 is 2.33 bits per heavy atom. The Kier molecular flexibility index (Phi) is 8.95. The lowest BCUT2D eigenvalue weighted by molar-refractivity contribution is -0.117. The summed E-state index contributed by atoms with van der Waals surface area (Å²) in [5, 5.41) is 16.5. The van der Waals surface area contributed by atoms with Gasteiger partial charge in [-0.1, -0.05) is 24.3 Å². The van der Waals surface area contributed by atoms with E-state index < -0.39 is 0 Å². The van der Waals surface area contributed by atoms with E-state index in [9.17, 15) is 9.90 Å². The van der Waals surface area contributed by atoms with Crippen LogP contribution in [-0.4, -0.2) is 30.1 Å². The van der Waals surface area contributed by atoms with E-state index in [0.717, 1.165) is 53.4 Å². The molecule has 1 heterocycles. The molecule has 0 atom stereocenters. The number of carbonyl (C=O) groups excluding carboxylic acids is 1. The Morgan fingerprint density at radius 2 is 1.77 bits per heavy atom. The first kappa shape index (κ1) is 24.0. The maximum atomic E-state index is 11.9. The lowest BCUT2D eigenvalue weighted by atomic mass is 10.1. The van der Waals surface area contributed by atoms with Crippen molar-refractivity contribution >= 4 is 41.5 Å². The van der Waals surface area contributed by atoms with Gasteiger partial charge in [-0.3, -0.25) is 4.79 Å². The number of amides is 1. The van der Waals surface area contributed by atoms with E-state index in [1.807, 2.05) is 62.1 Å². The Labute approximate surface area is 195 Å². The smallest absolute Gasteiger partial charge is 0.227 e. The molecule has 0 saturated carbocycles. The number of nitrogens with one attached hydrogen (secondary N) is 2. The number of aromatic hydroxyl groups is 1. The van der Waals surface area contributed by atoms with Gasteiger partial charge in [0, 0.05) is 31.7 Å². The van der Waals surface area contributed by atoms with Gasteiger partial charge in [0.25, 0.3) is 0 Å². The molecule has 1 aliphatic rings. The number of carbonyl (C=O) groups is 1. The summed E-state index contributed by atoms with van der Waals surface area (Å²) >= 11 is 0. The van der Waals surface area contributed by atoms with Gasteiger partial charge in [-0.05, 0) is 61.6 Å². The fourth-order valence-corrected chi connectivity index (χ4v) is 3.55. The quantitative estimate of drug-likeness (QED) is 0.305. The summed E-state index contributed by atoms with van der Waals surface area (Å²) in [4.78, 5) is 18.4. The van der Waals surface area contributed by atoms with Gasteiger partial charge >= 0.3 is 0 Å². The van der Waals surface area contributed by atoms with Gasteiger partial charge in [0.1, 0.15) is 5.75 Å². The summed E-state index contributed by atoms with van der Waals surface area (Å²) in [6.07, 6.45) is 1.58. The largest absolute Gasteiger partial charge is 0.507 e. The number of phenols is 1. The average Bonchev–Trinajstić information content (AvgIpc) is 3.14. The zero-order chi connectivity index (χ0) is 20.8. The Morgan fingerprint density at radius 1 is 1.10 bits per heavy atom. The number of guanidine groups is 1. The normalized spacial score (nSPS) is 13.9.